The summed E-state index contributed by atoms with van der Waals surface area (Å²) in [5.41, 5.74) is 6.93. The molecule has 18 heavy (non-hydrogen) atoms. The Balaban J connectivity index is 2.28. The topological polar surface area (TPSA) is 47.7 Å². The molecule has 0 radical (unpaired) electrons. The van der Waals surface area contributed by atoms with Gasteiger partial charge in [0, 0.05) is 18.7 Å². The van der Waals surface area contributed by atoms with Gasteiger partial charge in [0.05, 0.1) is 19.9 Å². The van der Waals surface area contributed by atoms with Crippen LogP contribution in [0, 0.1) is 5.92 Å². The van der Waals surface area contributed by atoms with E-state index in [0.717, 1.165) is 36.7 Å². The van der Waals surface area contributed by atoms with E-state index in [1.807, 2.05) is 12.1 Å². The van der Waals surface area contributed by atoms with Gasteiger partial charge in [0.15, 0.2) is 0 Å². The zero-order valence-electron chi connectivity index (χ0n) is 11.3. The smallest absolute Gasteiger partial charge is 0.145 e. The minimum atomic E-state index is 0.456. The number of nitrogens with zero attached hydrogens (tertiary/aromatic N) is 1. The fourth-order valence-corrected chi connectivity index (χ4v) is 2.68. The number of nitrogens with two attached hydrogens (primary N) is 1. The second-order valence-corrected chi connectivity index (χ2v) is 4.76. The summed E-state index contributed by atoms with van der Waals surface area (Å²) < 4.78 is 10.7. The maximum atomic E-state index is 5.80. The summed E-state index contributed by atoms with van der Waals surface area (Å²) in [5, 5.41) is 0. The molecule has 0 amide bonds. The van der Waals surface area contributed by atoms with E-state index in [-0.39, 0.29) is 0 Å². The van der Waals surface area contributed by atoms with Gasteiger partial charge in [0.25, 0.3) is 0 Å². The lowest BCUT2D eigenvalue weighted by molar-refractivity contribution is 0.393. The molecule has 1 fully saturated rings. The fourth-order valence-electron chi connectivity index (χ4n) is 2.68. The first kappa shape index (κ1) is 13.0. The molecule has 100 valence electrons. The van der Waals surface area contributed by atoms with Crippen LogP contribution in [0.2, 0.25) is 0 Å². The average Bonchev–Trinajstić information content (AvgIpc) is 2.78. The molecule has 1 aliphatic rings. The predicted octanol–water partition coefficient (Wildman–Crippen LogP) is 1.88. The Hall–Kier alpha value is -1.42. The first-order valence-electron chi connectivity index (χ1n) is 6.40. The quantitative estimate of drug-likeness (QED) is 0.886. The van der Waals surface area contributed by atoms with Crippen molar-refractivity contribution in [2.24, 2.45) is 11.7 Å². The molecule has 1 saturated heterocycles. The van der Waals surface area contributed by atoms with Crippen LogP contribution in [0.5, 0.6) is 11.5 Å². The number of anilines is 1. The summed E-state index contributed by atoms with van der Waals surface area (Å²) >= 11 is 0. The van der Waals surface area contributed by atoms with Crippen LogP contribution in [0.15, 0.2) is 18.2 Å². The van der Waals surface area contributed by atoms with Crippen LogP contribution in [-0.4, -0.2) is 33.4 Å². The van der Waals surface area contributed by atoms with Crippen molar-refractivity contribution in [3.8, 4) is 11.5 Å². The average molecular weight is 250 g/mol. The Morgan fingerprint density at radius 2 is 2.11 bits per heavy atom. The van der Waals surface area contributed by atoms with E-state index in [9.17, 15) is 0 Å². The summed E-state index contributed by atoms with van der Waals surface area (Å²) in [4.78, 5) is 2.37. The lowest BCUT2D eigenvalue weighted by atomic mass is 10.0. The van der Waals surface area contributed by atoms with E-state index in [0.29, 0.717) is 12.0 Å². The highest BCUT2D eigenvalue weighted by Gasteiger charge is 2.31. The van der Waals surface area contributed by atoms with Gasteiger partial charge in [-0.05, 0) is 37.9 Å². The van der Waals surface area contributed by atoms with Crippen LogP contribution in [0.4, 0.5) is 5.69 Å². The number of hydrogen-bond donors (Lipinski definition) is 1. The summed E-state index contributed by atoms with van der Waals surface area (Å²) in [6, 6.07) is 6.42. The van der Waals surface area contributed by atoms with Gasteiger partial charge in [0.2, 0.25) is 0 Å². The summed E-state index contributed by atoms with van der Waals surface area (Å²) in [7, 11) is 3.36. The molecule has 2 rings (SSSR count). The largest absolute Gasteiger partial charge is 0.497 e. The van der Waals surface area contributed by atoms with Gasteiger partial charge in [-0.25, -0.2) is 0 Å². The van der Waals surface area contributed by atoms with Crippen molar-refractivity contribution in [2.45, 2.75) is 19.4 Å². The van der Waals surface area contributed by atoms with E-state index in [4.69, 9.17) is 15.2 Å². The molecule has 4 nitrogen and oxygen atoms in total. The van der Waals surface area contributed by atoms with Crippen molar-refractivity contribution < 1.29 is 9.47 Å². The zero-order chi connectivity index (χ0) is 13.1. The monoisotopic (exact) mass is 250 g/mol. The molecule has 0 bridgehead atoms. The molecule has 0 spiro atoms. The van der Waals surface area contributed by atoms with Gasteiger partial charge in [-0.15, -0.1) is 0 Å². The van der Waals surface area contributed by atoms with E-state index < -0.39 is 0 Å². The highest BCUT2D eigenvalue weighted by atomic mass is 16.5. The van der Waals surface area contributed by atoms with E-state index in [1.54, 1.807) is 14.2 Å². The van der Waals surface area contributed by atoms with Crippen LogP contribution in [-0.2, 0) is 0 Å². The molecule has 1 aliphatic heterocycles. The van der Waals surface area contributed by atoms with Gasteiger partial charge in [-0.1, -0.05) is 0 Å². The second kappa shape index (κ2) is 5.48. The minimum absolute atomic E-state index is 0.456. The normalized spacial score (nSPS) is 23.2. The molecular formula is C14H22N2O2. The number of benzene rings is 1. The van der Waals surface area contributed by atoms with Gasteiger partial charge < -0.3 is 20.1 Å². The Kier molecular flexibility index (Phi) is 3.97. The second-order valence-electron chi connectivity index (χ2n) is 4.76. The third kappa shape index (κ3) is 2.25. The van der Waals surface area contributed by atoms with Gasteiger partial charge in [0.1, 0.15) is 11.5 Å². The third-order valence-corrected chi connectivity index (χ3v) is 3.91. The Morgan fingerprint density at radius 1 is 1.33 bits per heavy atom. The SMILES string of the molecule is COc1ccc(N2CCC(CN)C2C)c(OC)c1. The predicted molar refractivity (Wildman–Crippen MR) is 73.5 cm³/mol. The van der Waals surface area contributed by atoms with Crippen LogP contribution < -0.4 is 20.1 Å². The maximum Gasteiger partial charge on any atom is 0.145 e. The highest BCUT2D eigenvalue weighted by molar-refractivity contribution is 5.62. The molecule has 2 atom stereocenters. The highest BCUT2D eigenvalue weighted by Crippen LogP contribution is 2.37. The molecule has 0 saturated carbocycles. The standard InChI is InChI=1S/C14H22N2O2/c1-10-11(9-15)6-7-16(10)13-5-4-12(17-2)8-14(13)18-3/h4-5,8,10-11H,6-7,9,15H2,1-3H3. The van der Waals surface area contributed by atoms with Crippen LogP contribution >= 0.6 is 0 Å². The molecule has 0 aliphatic carbocycles. The van der Waals surface area contributed by atoms with Gasteiger partial charge in [-0.3, -0.25) is 0 Å². The lowest BCUT2D eigenvalue weighted by Gasteiger charge is -2.28. The molecule has 2 N–H and O–H groups in total. The Bertz CT molecular complexity index is 409. The minimum Gasteiger partial charge on any atom is -0.497 e. The van der Waals surface area contributed by atoms with Gasteiger partial charge in [-0.2, -0.15) is 0 Å². The summed E-state index contributed by atoms with van der Waals surface area (Å²) in [6.45, 7) is 4.01. The summed E-state index contributed by atoms with van der Waals surface area (Å²) in [6.07, 6.45) is 1.15. The van der Waals surface area contributed by atoms with Crippen LogP contribution in [0.3, 0.4) is 0 Å². The molecule has 0 aromatic heterocycles. The molecule has 1 heterocycles. The van der Waals surface area contributed by atoms with Crippen molar-refractivity contribution in [1.29, 1.82) is 0 Å². The van der Waals surface area contributed by atoms with Crippen molar-refractivity contribution in [3.05, 3.63) is 18.2 Å². The number of ether oxygens (including phenoxy) is 2. The number of hydrogen-bond acceptors (Lipinski definition) is 4. The molecule has 4 heteroatoms. The van der Waals surface area contributed by atoms with Crippen molar-refractivity contribution in [2.75, 3.05) is 32.2 Å². The molecule has 1 aromatic rings. The zero-order valence-corrected chi connectivity index (χ0v) is 11.3. The van der Waals surface area contributed by atoms with E-state index >= 15 is 0 Å². The first-order valence-corrected chi connectivity index (χ1v) is 6.40. The Morgan fingerprint density at radius 3 is 2.67 bits per heavy atom. The first-order chi connectivity index (χ1) is 8.71. The third-order valence-electron chi connectivity index (χ3n) is 3.91. The number of methoxy groups -OCH3 is 2. The van der Waals surface area contributed by atoms with Crippen molar-refractivity contribution in [1.82, 2.24) is 0 Å². The van der Waals surface area contributed by atoms with Crippen LogP contribution in [0.1, 0.15) is 13.3 Å². The molecular weight excluding hydrogens is 228 g/mol. The summed E-state index contributed by atoms with van der Waals surface area (Å²) in [5.74, 6) is 2.24. The fraction of sp³-hybridized carbons (Fsp3) is 0.571. The number of rotatable bonds is 4. The van der Waals surface area contributed by atoms with Crippen molar-refractivity contribution in [3.63, 3.8) is 0 Å². The van der Waals surface area contributed by atoms with Crippen molar-refractivity contribution >= 4 is 5.69 Å². The molecule has 1 aromatic carbocycles. The Labute approximate surface area is 109 Å². The lowest BCUT2D eigenvalue weighted by Crippen LogP contribution is -2.32. The van der Waals surface area contributed by atoms with Gasteiger partial charge >= 0.3 is 0 Å². The maximum absolute atomic E-state index is 5.80. The molecule has 2 unspecified atom stereocenters. The van der Waals surface area contributed by atoms with E-state index in [2.05, 4.69) is 17.9 Å². The van der Waals surface area contributed by atoms with Crippen LogP contribution in [0.25, 0.3) is 0 Å². The van der Waals surface area contributed by atoms with E-state index in [1.165, 1.54) is 0 Å².